The van der Waals surface area contributed by atoms with Crippen LogP contribution in [0, 0.1) is 10.8 Å². The second kappa shape index (κ2) is 9.15. The van der Waals surface area contributed by atoms with E-state index >= 15 is 0 Å². The molecule has 4 rings (SSSR count). The molecule has 1 heterocycles. The Morgan fingerprint density at radius 3 is 1.91 bits per heavy atom. The molecule has 0 unspecified atom stereocenters. The standard InChI is InChI=1S/C30H41NO4/c1-9-12-31-20-14-29(4,5)16-22(32)27(20)26(28-21(31)15-30(6,7)17-23(28)33)19-10-11-24(35-18(2)3)25(13-19)34-8/h10-11,13,18,26H,9,12,14-17H2,1-8H3. The lowest BCUT2D eigenvalue weighted by Crippen LogP contribution is -2.44. The Morgan fingerprint density at radius 2 is 1.46 bits per heavy atom. The van der Waals surface area contributed by atoms with Crippen molar-refractivity contribution < 1.29 is 19.1 Å². The van der Waals surface area contributed by atoms with E-state index in [1.54, 1.807) is 7.11 Å². The van der Waals surface area contributed by atoms with Gasteiger partial charge in [-0.05, 0) is 61.6 Å². The van der Waals surface area contributed by atoms with Crippen LogP contribution in [0.5, 0.6) is 11.5 Å². The fraction of sp³-hybridized carbons (Fsp3) is 0.600. The number of benzene rings is 1. The van der Waals surface area contributed by atoms with Gasteiger partial charge in [0.2, 0.25) is 0 Å². The molecule has 0 amide bonds. The molecule has 5 heteroatoms. The van der Waals surface area contributed by atoms with Crippen molar-refractivity contribution in [3.63, 3.8) is 0 Å². The summed E-state index contributed by atoms with van der Waals surface area (Å²) in [4.78, 5) is 29.9. The van der Waals surface area contributed by atoms with E-state index in [2.05, 4.69) is 39.5 Å². The molecule has 0 saturated heterocycles. The molecule has 0 aromatic heterocycles. The number of carbonyl (C=O) groups is 2. The molecule has 0 fully saturated rings. The first-order chi connectivity index (χ1) is 16.4. The molecule has 0 atom stereocenters. The maximum absolute atomic E-state index is 13.8. The molecular formula is C30H41NO4. The van der Waals surface area contributed by atoms with Crippen LogP contribution >= 0.6 is 0 Å². The van der Waals surface area contributed by atoms with Gasteiger partial charge >= 0.3 is 0 Å². The van der Waals surface area contributed by atoms with Crippen LogP contribution in [0.4, 0.5) is 0 Å². The van der Waals surface area contributed by atoms with E-state index in [9.17, 15) is 9.59 Å². The molecule has 5 nitrogen and oxygen atoms in total. The highest BCUT2D eigenvalue weighted by Crippen LogP contribution is 2.54. The van der Waals surface area contributed by atoms with Gasteiger partial charge in [0.1, 0.15) is 0 Å². The van der Waals surface area contributed by atoms with Gasteiger partial charge in [0.25, 0.3) is 0 Å². The van der Waals surface area contributed by atoms with Crippen molar-refractivity contribution in [3.8, 4) is 11.5 Å². The number of carbonyl (C=O) groups excluding carboxylic acids is 2. The molecule has 190 valence electrons. The zero-order valence-corrected chi connectivity index (χ0v) is 22.7. The number of Topliss-reactive ketones (excluding diaryl/α,β-unsaturated/α-hetero) is 2. The lowest BCUT2D eigenvalue weighted by Gasteiger charge is -2.49. The zero-order chi connectivity index (χ0) is 25.7. The molecule has 1 aromatic rings. The highest BCUT2D eigenvalue weighted by molar-refractivity contribution is 6.06. The van der Waals surface area contributed by atoms with Crippen LogP contribution in [0.25, 0.3) is 0 Å². The van der Waals surface area contributed by atoms with Gasteiger partial charge in [0.15, 0.2) is 23.1 Å². The van der Waals surface area contributed by atoms with E-state index < -0.39 is 0 Å². The molecule has 35 heavy (non-hydrogen) atoms. The van der Waals surface area contributed by atoms with Crippen LogP contribution < -0.4 is 9.47 Å². The SMILES string of the molecule is CCCN1C2=C(C(=O)CC(C)(C)C2)C(c2ccc(OC(C)C)c(OC)c2)C2=C1CC(C)(C)CC2=O. The first-order valence-electron chi connectivity index (χ1n) is 13.0. The van der Waals surface area contributed by atoms with E-state index in [1.165, 1.54) is 0 Å². The van der Waals surface area contributed by atoms with Crippen LogP contribution in [0.1, 0.15) is 92.1 Å². The normalized spacial score (nSPS) is 21.9. The predicted octanol–water partition coefficient (Wildman–Crippen LogP) is 6.58. The summed E-state index contributed by atoms with van der Waals surface area (Å²) in [6, 6.07) is 5.89. The number of nitrogens with zero attached hydrogens (tertiary/aromatic N) is 1. The monoisotopic (exact) mass is 479 g/mol. The number of ketones is 2. The largest absolute Gasteiger partial charge is 0.493 e. The maximum Gasteiger partial charge on any atom is 0.162 e. The first kappa shape index (κ1) is 25.5. The molecule has 0 spiro atoms. The molecule has 1 aliphatic heterocycles. The van der Waals surface area contributed by atoms with Crippen molar-refractivity contribution in [1.29, 1.82) is 0 Å². The van der Waals surface area contributed by atoms with Gasteiger partial charge in [-0.25, -0.2) is 0 Å². The third kappa shape index (κ3) is 4.79. The van der Waals surface area contributed by atoms with E-state index in [4.69, 9.17) is 9.47 Å². The van der Waals surface area contributed by atoms with E-state index in [0.717, 1.165) is 53.9 Å². The number of ether oxygens (including phenoxy) is 2. The van der Waals surface area contributed by atoms with E-state index in [-0.39, 0.29) is 34.4 Å². The molecule has 3 aliphatic rings. The quantitative estimate of drug-likeness (QED) is 0.461. The zero-order valence-electron chi connectivity index (χ0n) is 22.7. The van der Waals surface area contributed by atoms with Gasteiger partial charge < -0.3 is 14.4 Å². The molecule has 2 aliphatic carbocycles. The van der Waals surface area contributed by atoms with Gasteiger partial charge in [-0.3, -0.25) is 9.59 Å². The van der Waals surface area contributed by atoms with Crippen molar-refractivity contribution in [2.45, 2.75) is 92.6 Å². The highest BCUT2D eigenvalue weighted by Gasteiger charge is 2.48. The van der Waals surface area contributed by atoms with Crippen LogP contribution in [-0.4, -0.2) is 36.2 Å². The Bertz CT molecular complexity index is 1050. The van der Waals surface area contributed by atoms with E-state index in [0.29, 0.717) is 24.3 Å². The van der Waals surface area contributed by atoms with Crippen molar-refractivity contribution in [2.75, 3.05) is 13.7 Å². The minimum atomic E-state index is -0.359. The smallest absolute Gasteiger partial charge is 0.162 e. The summed E-state index contributed by atoms with van der Waals surface area (Å²) in [6.07, 6.45) is 3.63. The molecule has 0 bridgehead atoms. The summed E-state index contributed by atoms with van der Waals surface area (Å²) in [6.45, 7) is 15.6. The van der Waals surface area contributed by atoms with Crippen LogP contribution in [0.2, 0.25) is 0 Å². The molecule has 0 radical (unpaired) electrons. The summed E-state index contributed by atoms with van der Waals surface area (Å²) >= 11 is 0. The van der Waals surface area contributed by atoms with Crippen LogP contribution in [0.15, 0.2) is 40.7 Å². The number of allylic oxidation sites excluding steroid dienone is 4. The Kier molecular flexibility index (Phi) is 6.67. The molecule has 0 N–H and O–H groups in total. The van der Waals surface area contributed by atoms with Gasteiger partial charge in [-0.1, -0.05) is 40.7 Å². The van der Waals surface area contributed by atoms with Gasteiger partial charge in [0.05, 0.1) is 13.2 Å². The minimum absolute atomic E-state index is 0.0139. The van der Waals surface area contributed by atoms with Gasteiger partial charge in [-0.15, -0.1) is 0 Å². The molecular weight excluding hydrogens is 438 g/mol. The van der Waals surface area contributed by atoms with Crippen LogP contribution in [-0.2, 0) is 9.59 Å². The second-order valence-corrected chi connectivity index (χ2v) is 12.3. The van der Waals surface area contributed by atoms with Crippen molar-refractivity contribution in [3.05, 3.63) is 46.3 Å². The number of methoxy groups -OCH3 is 1. The number of hydrogen-bond acceptors (Lipinski definition) is 5. The van der Waals surface area contributed by atoms with Gasteiger partial charge in [0, 0.05) is 47.8 Å². The lowest BCUT2D eigenvalue weighted by molar-refractivity contribution is -0.119. The number of hydrogen-bond donors (Lipinski definition) is 0. The average molecular weight is 480 g/mol. The summed E-state index contributed by atoms with van der Waals surface area (Å²) < 4.78 is 11.6. The Hall–Kier alpha value is -2.56. The van der Waals surface area contributed by atoms with Gasteiger partial charge in [-0.2, -0.15) is 0 Å². The average Bonchev–Trinajstić information content (AvgIpc) is 2.73. The van der Waals surface area contributed by atoms with Crippen molar-refractivity contribution >= 4 is 11.6 Å². The Balaban J connectivity index is 1.96. The molecule has 0 saturated carbocycles. The van der Waals surface area contributed by atoms with Crippen molar-refractivity contribution in [1.82, 2.24) is 4.90 Å². The predicted molar refractivity (Wildman–Crippen MR) is 139 cm³/mol. The third-order valence-corrected chi connectivity index (χ3v) is 7.35. The Morgan fingerprint density at radius 1 is 0.914 bits per heavy atom. The first-order valence-corrected chi connectivity index (χ1v) is 13.0. The third-order valence-electron chi connectivity index (χ3n) is 7.35. The summed E-state index contributed by atoms with van der Waals surface area (Å²) in [5.74, 6) is 1.26. The topological polar surface area (TPSA) is 55.8 Å². The lowest BCUT2D eigenvalue weighted by atomic mass is 9.63. The van der Waals surface area contributed by atoms with Crippen LogP contribution in [0.3, 0.4) is 0 Å². The maximum atomic E-state index is 13.8. The fourth-order valence-electron chi connectivity index (χ4n) is 6.09. The Labute approximate surface area is 210 Å². The second-order valence-electron chi connectivity index (χ2n) is 12.3. The highest BCUT2D eigenvalue weighted by atomic mass is 16.5. The number of rotatable bonds is 6. The minimum Gasteiger partial charge on any atom is -0.493 e. The van der Waals surface area contributed by atoms with Crippen molar-refractivity contribution in [2.24, 2.45) is 10.8 Å². The summed E-state index contributed by atoms with van der Waals surface area (Å²) in [5, 5.41) is 0. The summed E-state index contributed by atoms with van der Waals surface area (Å²) in [5.41, 5.74) is 4.56. The fourth-order valence-corrected chi connectivity index (χ4v) is 6.09. The summed E-state index contributed by atoms with van der Waals surface area (Å²) in [7, 11) is 1.63. The van der Waals surface area contributed by atoms with E-state index in [1.807, 2.05) is 32.0 Å². The molecule has 1 aromatic carbocycles.